The van der Waals surface area contributed by atoms with Crippen molar-refractivity contribution in [3.05, 3.63) is 71.8 Å². The van der Waals surface area contributed by atoms with Gasteiger partial charge in [0, 0.05) is 0 Å². The number of alkyl halides is 3. The van der Waals surface area contributed by atoms with Gasteiger partial charge in [-0.3, -0.25) is 0 Å². The summed E-state index contributed by atoms with van der Waals surface area (Å²) < 4.78 is 61.8. The smallest absolute Gasteiger partial charge is 0.219 e. The molecule has 0 atom stereocenters. The van der Waals surface area contributed by atoms with Crippen molar-refractivity contribution in [3.8, 4) is 0 Å². The number of rotatable bonds is 5. The van der Waals surface area contributed by atoms with Gasteiger partial charge >= 0.3 is 5.51 Å². The second-order valence-electron chi connectivity index (χ2n) is 5.72. The van der Waals surface area contributed by atoms with Gasteiger partial charge in [-0.1, -0.05) is 60.7 Å². The van der Waals surface area contributed by atoms with Crippen LogP contribution in [0.1, 0.15) is 18.1 Å². The van der Waals surface area contributed by atoms with E-state index in [1.165, 1.54) is 0 Å². The van der Waals surface area contributed by atoms with Gasteiger partial charge in [0.05, 0.1) is 4.75 Å². The first-order valence-electron chi connectivity index (χ1n) is 7.04. The Morgan fingerprint density at radius 1 is 0.783 bits per heavy atom. The lowest BCUT2D eigenvalue weighted by Gasteiger charge is -2.30. The van der Waals surface area contributed by atoms with E-state index in [1.807, 2.05) is 0 Å². The Kier molecular flexibility index (Phi) is 4.84. The van der Waals surface area contributed by atoms with E-state index in [4.69, 9.17) is 0 Å². The Bertz CT molecular complexity index is 697. The second-order valence-corrected chi connectivity index (χ2v) is 8.18. The lowest BCUT2D eigenvalue weighted by atomic mass is 9.93. The lowest BCUT2D eigenvalue weighted by molar-refractivity contribution is -0.0458. The molecule has 2 aromatic rings. The maximum absolute atomic E-state index is 13.1. The van der Waals surface area contributed by atoms with Gasteiger partial charge < -0.3 is 0 Å². The largest absolute Gasteiger partial charge is 0.497 e. The topological polar surface area (TPSA) is 34.1 Å². The summed E-state index contributed by atoms with van der Waals surface area (Å²) >= 11 is 0. The fourth-order valence-corrected chi connectivity index (χ4v) is 3.86. The van der Waals surface area contributed by atoms with Crippen molar-refractivity contribution in [1.82, 2.24) is 0 Å². The van der Waals surface area contributed by atoms with Crippen LogP contribution in [0.4, 0.5) is 13.2 Å². The maximum atomic E-state index is 13.1. The van der Waals surface area contributed by atoms with Gasteiger partial charge in [-0.2, -0.15) is 13.2 Å². The van der Waals surface area contributed by atoms with Crippen LogP contribution in [0.2, 0.25) is 0 Å². The molecule has 0 aliphatic rings. The zero-order valence-corrected chi connectivity index (χ0v) is 13.4. The van der Waals surface area contributed by atoms with Crippen molar-refractivity contribution in [2.45, 2.75) is 30.0 Å². The van der Waals surface area contributed by atoms with Crippen LogP contribution in [0, 0.1) is 0 Å². The second kappa shape index (κ2) is 6.35. The van der Waals surface area contributed by atoms with E-state index >= 15 is 0 Å². The molecule has 0 aliphatic heterocycles. The first kappa shape index (κ1) is 17.5. The van der Waals surface area contributed by atoms with Crippen LogP contribution in [-0.2, 0) is 22.7 Å². The Morgan fingerprint density at radius 2 is 1.13 bits per heavy atom. The standard InChI is InChI=1S/C17H17F3O2S/c1-16(23(21,22)17(18,19)20,12-14-8-4-2-5-9-14)13-15-10-6-3-7-11-15/h2-11H,12-13H2,1H3. The van der Waals surface area contributed by atoms with Gasteiger partial charge in [-0.05, 0) is 30.9 Å². The molecule has 0 saturated heterocycles. The molecule has 0 N–H and O–H groups in total. The highest BCUT2D eigenvalue weighted by Crippen LogP contribution is 2.38. The molecule has 6 heteroatoms. The highest BCUT2D eigenvalue weighted by molar-refractivity contribution is 7.93. The predicted octanol–water partition coefficient (Wildman–Crippen LogP) is 4.17. The highest BCUT2D eigenvalue weighted by Gasteiger charge is 2.56. The Morgan fingerprint density at radius 3 is 1.43 bits per heavy atom. The summed E-state index contributed by atoms with van der Waals surface area (Å²) in [6.45, 7) is 1.16. The highest BCUT2D eigenvalue weighted by atomic mass is 32.2. The van der Waals surface area contributed by atoms with Gasteiger partial charge in [0.15, 0.2) is 0 Å². The zero-order chi connectivity index (χ0) is 17.1. The summed E-state index contributed by atoms with van der Waals surface area (Å²) in [5, 5.41) is 0. The average molecular weight is 342 g/mol. The van der Waals surface area contributed by atoms with E-state index in [9.17, 15) is 21.6 Å². The summed E-state index contributed by atoms with van der Waals surface area (Å²) in [6, 6.07) is 16.7. The minimum atomic E-state index is -5.33. The van der Waals surface area contributed by atoms with Crippen molar-refractivity contribution in [2.75, 3.05) is 0 Å². The normalized spacial score (nSPS) is 13.0. The Hall–Kier alpha value is -1.82. The molecular weight excluding hydrogens is 325 g/mol. The van der Waals surface area contributed by atoms with Crippen LogP contribution in [0.3, 0.4) is 0 Å². The molecule has 2 nitrogen and oxygen atoms in total. The van der Waals surface area contributed by atoms with Gasteiger partial charge in [0.2, 0.25) is 0 Å². The van der Waals surface area contributed by atoms with E-state index in [-0.39, 0.29) is 12.8 Å². The molecule has 0 fully saturated rings. The number of hydrogen-bond acceptors (Lipinski definition) is 2. The SMILES string of the molecule is CC(Cc1ccccc1)(Cc1ccccc1)S(=O)(=O)C(F)(F)F. The fraction of sp³-hybridized carbons (Fsp3) is 0.294. The third-order valence-corrected chi connectivity index (χ3v) is 5.99. The molecule has 0 saturated carbocycles. The number of benzene rings is 2. The van der Waals surface area contributed by atoms with E-state index < -0.39 is 20.1 Å². The monoisotopic (exact) mass is 342 g/mol. The van der Waals surface area contributed by atoms with Crippen molar-refractivity contribution >= 4 is 9.84 Å². The number of sulfone groups is 1. The summed E-state index contributed by atoms with van der Waals surface area (Å²) in [5.74, 6) is 0. The molecule has 124 valence electrons. The molecule has 0 aliphatic carbocycles. The summed E-state index contributed by atoms with van der Waals surface area (Å²) in [7, 11) is -5.33. The molecule has 0 bridgehead atoms. The first-order chi connectivity index (χ1) is 10.7. The number of halogens is 3. The molecule has 0 amide bonds. The fourth-order valence-electron chi connectivity index (χ4n) is 2.59. The van der Waals surface area contributed by atoms with Crippen molar-refractivity contribution in [3.63, 3.8) is 0 Å². The van der Waals surface area contributed by atoms with E-state index in [2.05, 4.69) is 0 Å². The summed E-state index contributed by atoms with van der Waals surface area (Å²) in [5.41, 5.74) is -4.18. The van der Waals surface area contributed by atoms with Crippen LogP contribution in [0.15, 0.2) is 60.7 Å². The zero-order valence-electron chi connectivity index (χ0n) is 12.5. The molecule has 0 heterocycles. The molecule has 2 rings (SSSR count). The molecule has 2 aromatic carbocycles. The van der Waals surface area contributed by atoms with Crippen LogP contribution in [0.5, 0.6) is 0 Å². The molecule has 0 radical (unpaired) electrons. The third-order valence-electron chi connectivity index (χ3n) is 3.80. The summed E-state index contributed by atoms with van der Waals surface area (Å²) in [6.07, 6.45) is -0.408. The Balaban J connectivity index is 2.46. The third kappa shape index (κ3) is 3.75. The van der Waals surface area contributed by atoms with Crippen LogP contribution in [0.25, 0.3) is 0 Å². The van der Waals surface area contributed by atoms with E-state index in [1.54, 1.807) is 60.7 Å². The summed E-state index contributed by atoms with van der Waals surface area (Å²) in [4.78, 5) is 0. The van der Waals surface area contributed by atoms with Gasteiger partial charge in [0.1, 0.15) is 0 Å². The van der Waals surface area contributed by atoms with Gasteiger partial charge in [-0.15, -0.1) is 0 Å². The molecular formula is C17H17F3O2S. The minimum Gasteiger partial charge on any atom is -0.219 e. The quantitative estimate of drug-likeness (QED) is 0.817. The van der Waals surface area contributed by atoms with Crippen LogP contribution < -0.4 is 0 Å². The first-order valence-corrected chi connectivity index (χ1v) is 8.53. The molecule has 0 unspecified atom stereocenters. The molecule has 0 spiro atoms. The average Bonchev–Trinajstić information content (AvgIpc) is 2.48. The van der Waals surface area contributed by atoms with Gasteiger partial charge in [0.25, 0.3) is 9.84 Å². The number of hydrogen-bond donors (Lipinski definition) is 0. The predicted molar refractivity (Wildman–Crippen MR) is 83.7 cm³/mol. The van der Waals surface area contributed by atoms with E-state index in [0.717, 1.165) is 6.92 Å². The van der Waals surface area contributed by atoms with E-state index in [0.29, 0.717) is 11.1 Å². The van der Waals surface area contributed by atoms with Gasteiger partial charge in [-0.25, -0.2) is 8.42 Å². The van der Waals surface area contributed by atoms with Crippen LogP contribution >= 0.6 is 0 Å². The van der Waals surface area contributed by atoms with Crippen molar-refractivity contribution in [2.24, 2.45) is 0 Å². The van der Waals surface area contributed by atoms with Crippen LogP contribution in [-0.4, -0.2) is 18.7 Å². The maximum Gasteiger partial charge on any atom is 0.497 e. The molecule has 23 heavy (non-hydrogen) atoms. The van der Waals surface area contributed by atoms with Crippen molar-refractivity contribution in [1.29, 1.82) is 0 Å². The minimum absolute atomic E-state index is 0.204. The molecule has 0 aromatic heterocycles. The Labute approximate surface area is 133 Å². The van der Waals surface area contributed by atoms with Crippen molar-refractivity contribution < 1.29 is 21.6 Å². The lowest BCUT2D eigenvalue weighted by Crippen LogP contribution is -2.47.